The fraction of sp³-hybridized carbons (Fsp3) is 0.185. The van der Waals surface area contributed by atoms with Crippen LogP contribution in [0.2, 0.25) is 0 Å². The second-order valence-corrected chi connectivity index (χ2v) is 8.02. The summed E-state index contributed by atoms with van der Waals surface area (Å²) in [7, 11) is 0. The third kappa shape index (κ3) is 2.77. The fourth-order valence-corrected chi connectivity index (χ4v) is 4.18. The van der Waals surface area contributed by atoms with E-state index < -0.39 is 0 Å². The van der Waals surface area contributed by atoms with E-state index >= 15 is 0 Å². The normalized spacial score (nSPS) is 13.0. The van der Waals surface area contributed by atoms with E-state index in [0.29, 0.717) is 5.92 Å². The monoisotopic (exact) mass is 348 g/mol. The van der Waals surface area contributed by atoms with Crippen molar-refractivity contribution in [3.63, 3.8) is 0 Å². The second kappa shape index (κ2) is 6.09. The molecule has 1 unspecified atom stereocenters. The van der Waals surface area contributed by atoms with Gasteiger partial charge in [0.1, 0.15) is 0 Å². The van der Waals surface area contributed by atoms with Crippen LogP contribution >= 0.6 is 0 Å². The number of benzene rings is 5. The first-order chi connectivity index (χ1) is 13.1. The Bertz CT molecular complexity index is 1320. The highest BCUT2D eigenvalue weighted by Gasteiger charge is 2.07. The van der Waals surface area contributed by atoms with Crippen LogP contribution in [0, 0.1) is 6.92 Å². The summed E-state index contributed by atoms with van der Waals surface area (Å²) in [6.07, 6.45) is 1.18. The summed E-state index contributed by atoms with van der Waals surface area (Å²) in [5.74, 6) is 0.608. The molecule has 1 atom stereocenters. The Hall–Kier alpha value is -2.86. The van der Waals surface area contributed by atoms with Gasteiger partial charge in [0.15, 0.2) is 0 Å². The number of hydrogen-bond acceptors (Lipinski definition) is 0. The minimum atomic E-state index is 0.608. The molecule has 0 heterocycles. The third-order valence-electron chi connectivity index (χ3n) is 6.07. The molecule has 0 aliphatic heterocycles. The van der Waals surface area contributed by atoms with E-state index in [1.54, 1.807) is 0 Å². The van der Waals surface area contributed by atoms with E-state index in [4.69, 9.17) is 0 Å². The second-order valence-electron chi connectivity index (χ2n) is 8.02. The van der Waals surface area contributed by atoms with Gasteiger partial charge >= 0.3 is 0 Å². The van der Waals surface area contributed by atoms with Gasteiger partial charge in [0.25, 0.3) is 0 Å². The van der Waals surface area contributed by atoms with E-state index in [2.05, 4.69) is 93.6 Å². The molecule has 5 aromatic rings. The Morgan fingerprint density at radius 3 is 1.56 bits per heavy atom. The van der Waals surface area contributed by atoms with Gasteiger partial charge in [-0.05, 0) is 104 Å². The van der Waals surface area contributed by atoms with Crippen LogP contribution in [0.1, 0.15) is 37.3 Å². The Balaban J connectivity index is 1.77. The molecule has 0 amide bonds. The van der Waals surface area contributed by atoms with Crippen molar-refractivity contribution in [2.45, 2.75) is 33.1 Å². The van der Waals surface area contributed by atoms with Gasteiger partial charge in [-0.15, -0.1) is 0 Å². The predicted molar refractivity (Wildman–Crippen MR) is 120 cm³/mol. The molecule has 0 nitrogen and oxygen atoms in total. The lowest BCUT2D eigenvalue weighted by Gasteiger charge is -2.11. The molecule has 0 radical (unpaired) electrons. The van der Waals surface area contributed by atoms with Crippen LogP contribution in [0.3, 0.4) is 0 Å². The van der Waals surface area contributed by atoms with Crippen molar-refractivity contribution in [3.8, 4) is 0 Å². The van der Waals surface area contributed by atoms with Crippen LogP contribution in [0.15, 0.2) is 72.8 Å². The average Bonchev–Trinajstić information content (AvgIpc) is 2.68. The van der Waals surface area contributed by atoms with Gasteiger partial charge in [-0.25, -0.2) is 0 Å². The Morgan fingerprint density at radius 2 is 1.00 bits per heavy atom. The van der Waals surface area contributed by atoms with Crippen LogP contribution in [-0.2, 0) is 0 Å². The molecule has 27 heavy (non-hydrogen) atoms. The average molecular weight is 348 g/mol. The molecule has 5 aromatic carbocycles. The fourth-order valence-electron chi connectivity index (χ4n) is 4.18. The van der Waals surface area contributed by atoms with E-state index in [1.807, 2.05) is 0 Å². The van der Waals surface area contributed by atoms with Crippen LogP contribution in [0.5, 0.6) is 0 Å². The molecule has 0 fully saturated rings. The zero-order chi connectivity index (χ0) is 18.5. The molecule has 0 bridgehead atoms. The topological polar surface area (TPSA) is 0 Å². The summed E-state index contributed by atoms with van der Waals surface area (Å²) in [4.78, 5) is 0. The molecule has 0 aliphatic rings. The van der Waals surface area contributed by atoms with Crippen LogP contribution in [-0.4, -0.2) is 0 Å². The highest BCUT2D eigenvalue weighted by molar-refractivity contribution is 6.08. The molecule has 0 N–H and O–H groups in total. The van der Waals surface area contributed by atoms with E-state index in [-0.39, 0.29) is 0 Å². The summed E-state index contributed by atoms with van der Waals surface area (Å²) in [6, 6.07) is 27.7. The molecule has 0 heteroatoms. The van der Waals surface area contributed by atoms with E-state index in [1.165, 1.54) is 60.6 Å². The Kier molecular flexibility index (Phi) is 3.68. The zero-order valence-electron chi connectivity index (χ0n) is 16.2. The van der Waals surface area contributed by atoms with Crippen LogP contribution < -0.4 is 0 Å². The van der Waals surface area contributed by atoms with Gasteiger partial charge in [0.2, 0.25) is 0 Å². The molecular formula is C27H24. The van der Waals surface area contributed by atoms with Crippen molar-refractivity contribution in [1.29, 1.82) is 0 Å². The maximum absolute atomic E-state index is 2.37. The van der Waals surface area contributed by atoms with E-state index in [0.717, 1.165) is 0 Å². The molecule has 132 valence electrons. The number of hydrogen-bond donors (Lipinski definition) is 0. The third-order valence-corrected chi connectivity index (χ3v) is 6.07. The smallest absolute Gasteiger partial charge is 0.0171 e. The first-order valence-corrected chi connectivity index (χ1v) is 9.92. The molecule has 0 aromatic heterocycles. The molecule has 0 spiro atoms. The van der Waals surface area contributed by atoms with Crippen LogP contribution in [0.4, 0.5) is 0 Å². The predicted octanol–water partition coefficient (Wildman–Crippen LogP) is 8.12. The summed E-state index contributed by atoms with van der Waals surface area (Å²) >= 11 is 0. The van der Waals surface area contributed by atoms with Crippen molar-refractivity contribution in [1.82, 2.24) is 0 Å². The van der Waals surface area contributed by atoms with Gasteiger partial charge in [-0.1, -0.05) is 55.8 Å². The maximum atomic E-state index is 2.37. The molecular weight excluding hydrogens is 324 g/mol. The van der Waals surface area contributed by atoms with Crippen molar-refractivity contribution < 1.29 is 0 Å². The highest BCUT2D eigenvalue weighted by atomic mass is 14.1. The number of fused-ring (bicyclic) bond motifs is 4. The molecule has 0 aliphatic carbocycles. The quantitative estimate of drug-likeness (QED) is 0.282. The first-order valence-electron chi connectivity index (χ1n) is 9.92. The summed E-state index contributed by atoms with van der Waals surface area (Å²) in [5, 5.41) is 10.6. The lowest BCUT2D eigenvalue weighted by molar-refractivity contribution is 0.735. The standard InChI is InChI=1S/C27H24/c1-4-18(3)19-7-8-21-12-25-15-26-13-22-9-17(2)5-6-20(22)11-24(26)16-27(25)14-23(21)10-19/h5-16,18H,4H2,1-3H3. The first kappa shape index (κ1) is 16.3. The summed E-state index contributed by atoms with van der Waals surface area (Å²) in [6.45, 7) is 6.72. The number of aryl methyl sites for hydroxylation is 1. The largest absolute Gasteiger partial charge is 0.0648 e. The SMILES string of the molecule is CCC(C)c1ccc2cc3cc4cc5cc(C)ccc5cc4cc3cc2c1. The lowest BCUT2D eigenvalue weighted by Crippen LogP contribution is -1.90. The zero-order valence-corrected chi connectivity index (χ0v) is 16.2. The van der Waals surface area contributed by atoms with Gasteiger partial charge < -0.3 is 0 Å². The van der Waals surface area contributed by atoms with Gasteiger partial charge in [0.05, 0.1) is 0 Å². The Morgan fingerprint density at radius 1 is 0.556 bits per heavy atom. The van der Waals surface area contributed by atoms with Crippen molar-refractivity contribution >= 4 is 43.1 Å². The number of rotatable bonds is 2. The van der Waals surface area contributed by atoms with Gasteiger partial charge in [0, 0.05) is 0 Å². The van der Waals surface area contributed by atoms with Crippen molar-refractivity contribution in [2.75, 3.05) is 0 Å². The lowest BCUT2D eigenvalue weighted by atomic mass is 9.93. The van der Waals surface area contributed by atoms with E-state index in [9.17, 15) is 0 Å². The van der Waals surface area contributed by atoms with Crippen LogP contribution in [0.25, 0.3) is 43.1 Å². The van der Waals surface area contributed by atoms with Crippen molar-refractivity contribution in [2.24, 2.45) is 0 Å². The minimum absolute atomic E-state index is 0.608. The van der Waals surface area contributed by atoms with Crippen molar-refractivity contribution in [3.05, 3.63) is 83.9 Å². The summed E-state index contributed by atoms with van der Waals surface area (Å²) < 4.78 is 0. The van der Waals surface area contributed by atoms with Gasteiger partial charge in [-0.3, -0.25) is 0 Å². The molecule has 5 rings (SSSR count). The molecule has 0 saturated heterocycles. The highest BCUT2D eigenvalue weighted by Crippen LogP contribution is 2.32. The Labute approximate surface area is 160 Å². The maximum Gasteiger partial charge on any atom is -0.0171 e. The molecule has 0 saturated carbocycles. The minimum Gasteiger partial charge on any atom is -0.0648 e. The summed E-state index contributed by atoms with van der Waals surface area (Å²) in [5.41, 5.74) is 2.75. The van der Waals surface area contributed by atoms with Gasteiger partial charge in [-0.2, -0.15) is 0 Å².